The van der Waals surface area contributed by atoms with E-state index in [1.54, 1.807) is 7.05 Å². The number of carbonyl (C=O) groups excluding carboxylic acids is 1. The van der Waals surface area contributed by atoms with E-state index >= 15 is 0 Å². The molecule has 5 heteroatoms. The number of rotatable bonds is 8. The Morgan fingerprint density at radius 2 is 2.21 bits per heavy atom. The Morgan fingerprint density at radius 3 is 2.71 bits per heavy atom. The summed E-state index contributed by atoms with van der Waals surface area (Å²) in [7, 11) is 1.64. The fraction of sp³-hybridized carbons (Fsp3) is 0.889. The molecule has 0 atom stereocenters. The highest BCUT2D eigenvalue weighted by Gasteiger charge is 2.06. The van der Waals surface area contributed by atoms with E-state index in [1.807, 2.05) is 11.8 Å². The molecule has 5 nitrogen and oxygen atoms in total. The van der Waals surface area contributed by atoms with Crippen molar-refractivity contribution in [2.45, 2.75) is 6.92 Å². The van der Waals surface area contributed by atoms with Gasteiger partial charge in [0.05, 0.1) is 19.8 Å². The van der Waals surface area contributed by atoms with E-state index in [0.717, 1.165) is 13.1 Å². The second kappa shape index (κ2) is 8.93. The van der Waals surface area contributed by atoms with Crippen molar-refractivity contribution in [3.05, 3.63) is 0 Å². The second-order valence-electron chi connectivity index (χ2n) is 2.94. The van der Waals surface area contributed by atoms with Crippen LogP contribution in [0.1, 0.15) is 6.92 Å². The fourth-order valence-corrected chi connectivity index (χ4v) is 1.01. The molecule has 3 N–H and O–H groups in total. The SMILES string of the molecule is CCN(CCOCCN)CC(=O)NC. The molecule has 0 radical (unpaired) electrons. The van der Waals surface area contributed by atoms with Gasteiger partial charge in [0.25, 0.3) is 0 Å². The Balaban J connectivity index is 3.52. The minimum atomic E-state index is 0.0330. The van der Waals surface area contributed by atoms with Crippen LogP contribution >= 0.6 is 0 Å². The maximum Gasteiger partial charge on any atom is 0.233 e. The van der Waals surface area contributed by atoms with E-state index < -0.39 is 0 Å². The molecule has 0 aliphatic rings. The van der Waals surface area contributed by atoms with Crippen molar-refractivity contribution < 1.29 is 9.53 Å². The third kappa shape index (κ3) is 6.82. The lowest BCUT2D eigenvalue weighted by Gasteiger charge is -2.18. The number of hydrogen-bond donors (Lipinski definition) is 2. The molecule has 1 amide bonds. The van der Waals surface area contributed by atoms with Crippen molar-refractivity contribution in [3.8, 4) is 0 Å². The first-order chi connectivity index (χ1) is 6.74. The summed E-state index contributed by atoms with van der Waals surface area (Å²) in [4.78, 5) is 13.1. The Hall–Kier alpha value is -0.650. The highest BCUT2D eigenvalue weighted by Crippen LogP contribution is 1.87. The lowest BCUT2D eigenvalue weighted by Crippen LogP contribution is -2.37. The van der Waals surface area contributed by atoms with E-state index in [2.05, 4.69) is 5.32 Å². The zero-order valence-electron chi connectivity index (χ0n) is 9.08. The van der Waals surface area contributed by atoms with Gasteiger partial charge in [-0.2, -0.15) is 0 Å². The molecular formula is C9H21N3O2. The summed E-state index contributed by atoms with van der Waals surface area (Å²) >= 11 is 0. The average Bonchev–Trinajstić information content (AvgIpc) is 2.22. The number of hydrogen-bond acceptors (Lipinski definition) is 4. The number of nitrogens with one attached hydrogen (secondary N) is 1. The number of amides is 1. The smallest absolute Gasteiger partial charge is 0.233 e. The molecule has 0 unspecified atom stereocenters. The van der Waals surface area contributed by atoms with E-state index in [9.17, 15) is 4.79 Å². The van der Waals surface area contributed by atoms with Crippen LogP contribution in [-0.2, 0) is 9.53 Å². The molecule has 0 saturated heterocycles. The van der Waals surface area contributed by atoms with Gasteiger partial charge in [-0.3, -0.25) is 9.69 Å². The minimum Gasteiger partial charge on any atom is -0.379 e. The average molecular weight is 203 g/mol. The standard InChI is InChI=1S/C9H21N3O2/c1-3-12(8-9(13)11-2)5-7-14-6-4-10/h3-8,10H2,1-2H3,(H,11,13). The molecule has 0 heterocycles. The van der Waals surface area contributed by atoms with Gasteiger partial charge in [-0.05, 0) is 6.54 Å². The number of nitrogens with zero attached hydrogens (tertiary/aromatic N) is 1. The lowest BCUT2D eigenvalue weighted by molar-refractivity contribution is -0.121. The van der Waals surface area contributed by atoms with Crippen LogP contribution in [0.3, 0.4) is 0 Å². The van der Waals surface area contributed by atoms with Crippen LogP contribution in [0.4, 0.5) is 0 Å². The molecule has 0 aromatic heterocycles. The second-order valence-corrected chi connectivity index (χ2v) is 2.94. The van der Waals surface area contributed by atoms with E-state index in [-0.39, 0.29) is 5.91 Å². The monoisotopic (exact) mass is 203 g/mol. The first kappa shape index (κ1) is 13.4. The molecule has 0 rings (SSSR count). The van der Waals surface area contributed by atoms with Crippen LogP contribution in [0.2, 0.25) is 0 Å². The molecule has 0 saturated carbocycles. The van der Waals surface area contributed by atoms with Crippen LogP contribution in [-0.4, -0.2) is 57.2 Å². The topological polar surface area (TPSA) is 67.6 Å². The van der Waals surface area contributed by atoms with Gasteiger partial charge in [0, 0.05) is 20.1 Å². The van der Waals surface area contributed by atoms with Crippen LogP contribution in [0.25, 0.3) is 0 Å². The molecule has 0 aliphatic heterocycles. The molecule has 0 spiro atoms. The van der Waals surface area contributed by atoms with Crippen molar-refractivity contribution in [2.75, 3.05) is 46.4 Å². The zero-order valence-corrected chi connectivity index (χ0v) is 9.08. The molecule has 0 fully saturated rings. The molecule has 0 aliphatic carbocycles. The van der Waals surface area contributed by atoms with Gasteiger partial charge in [-0.25, -0.2) is 0 Å². The molecule has 14 heavy (non-hydrogen) atoms. The summed E-state index contributed by atoms with van der Waals surface area (Å²) in [5, 5.41) is 2.59. The van der Waals surface area contributed by atoms with Crippen LogP contribution in [0.15, 0.2) is 0 Å². The quantitative estimate of drug-likeness (QED) is 0.498. The summed E-state index contributed by atoms with van der Waals surface area (Å²) in [5.41, 5.74) is 5.28. The van der Waals surface area contributed by atoms with Crippen LogP contribution in [0.5, 0.6) is 0 Å². The van der Waals surface area contributed by atoms with Gasteiger partial charge in [0.1, 0.15) is 0 Å². The maximum atomic E-state index is 11.1. The van der Waals surface area contributed by atoms with Crippen molar-refractivity contribution in [2.24, 2.45) is 5.73 Å². The predicted molar refractivity (Wildman–Crippen MR) is 56.1 cm³/mol. The Labute approximate surface area is 85.6 Å². The number of nitrogens with two attached hydrogens (primary N) is 1. The van der Waals surface area contributed by atoms with Gasteiger partial charge in [0.15, 0.2) is 0 Å². The van der Waals surface area contributed by atoms with Crippen LogP contribution in [0, 0.1) is 0 Å². The summed E-state index contributed by atoms with van der Waals surface area (Å²) in [5.74, 6) is 0.0330. The maximum absolute atomic E-state index is 11.1. The highest BCUT2D eigenvalue weighted by atomic mass is 16.5. The number of ether oxygens (including phenoxy) is 1. The lowest BCUT2D eigenvalue weighted by atomic mass is 10.4. The van der Waals surface area contributed by atoms with E-state index in [4.69, 9.17) is 10.5 Å². The van der Waals surface area contributed by atoms with Gasteiger partial charge < -0.3 is 15.8 Å². The Bertz CT molecular complexity index is 153. The first-order valence-corrected chi connectivity index (χ1v) is 4.95. The molecule has 0 aromatic rings. The molecule has 0 aromatic carbocycles. The van der Waals surface area contributed by atoms with E-state index in [1.165, 1.54) is 0 Å². The fourth-order valence-electron chi connectivity index (χ4n) is 1.01. The zero-order chi connectivity index (χ0) is 10.8. The summed E-state index contributed by atoms with van der Waals surface area (Å²) < 4.78 is 5.23. The molecule has 84 valence electrons. The summed E-state index contributed by atoms with van der Waals surface area (Å²) in [6, 6.07) is 0. The van der Waals surface area contributed by atoms with Crippen molar-refractivity contribution in [1.29, 1.82) is 0 Å². The molecule has 0 bridgehead atoms. The third-order valence-electron chi connectivity index (χ3n) is 1.91. The van der Waals surface area contributed by atoms with Crippen molar-refractivity contribution in [1.82, 2.24) is 10.2 Å². The largest absolute Gasteiger partial charge is 0.379 e. The summed E-state index contributed by atoms with van der Waals surface area (Å²) in [6.07, 6.45) is 0. The highest BCUT2D eigenvalue weighted by molar-refractivity contribution is 5.77. The van der Waals surface area contributed by atoms with Crippen molar-refractivity contribution in [3.63, 3.8) is 0 Å². The van der Waals surface area contributed by atoms with Crippen LogP contribution < -0.4 is 11.1 Å². The third-order valence-corrected chi connectivity index (χ3v) is 1.91. The van der Waals surface area contributed by atoms with Gasteiger partial charge in [0.2, 0.25) is 5.91 Å². The normalized spacial score (nSPS) is 10.6. The van der Waals surface area contributed by atoms with Gasteiger partial charge in [-0.15, -0.1) is 0 Å². The number of likely N-dealkylation sites (N-methyl/N-ethyl adjacent to an activating group) is 2. The Morgan fingerprint density at radius 1 is 1.50 bits per heavy atom. The van der Waals surface area contributed by atoms with Crippen molar-refractivity contribution >= 4 is 5.91 Å². The summed E-state index contributed by atoms with van der Waals surface area (Å²) in [6.45, 7) is 5.81. The first-order valence-electron chi connectivity index (χ1n) is 4.95. The predicted octanol–water partition coefficient (Wildman–Crippen LogP) is -0.970. The number of carbonyl (C=O) groups is 1. The van der Waals surface area contributed by atoms with E-state index in [0.29, 0.717) is 26.3 Å². The molecular weight excluding hydrogens is 182 g/mol. The van der Waals surface area contributed by atoms with Gasteiger partial charge >= 0.3 is 0 Å². The van der Waals surface area contributed by atoms with Gasteiger partial charge in [-0.1, -0.05) is 6.92 Å². The Kier molecular flexibility index (Phi) is 8.51. The minimum absolute atomic E-state index is 0.0330.